The Bertz CT molecular complexity index is 1050. The van der Waals surface area contributed by atoms with Crippen molar-refractivity contribution in [1.82, 2.24) is 0 Å². The van der Waals surface area contributed by atoms with Crippen molar-refractivity contribution in [2.24, 2.45) is 40.4 Å². The van der Waals surface area contributed by atoms with Gasteiger partial charge in [-0.15, -0.1) is 0 Å². The summed E-state index contributed by atoms with van der Waals surface area (Å²) in [6.07, 6.45) is 6.67. The molecule has 3 saturated carbocycles. The minimum absolute atomic E-state index is 0.0451. The zero-order valence-corrected chi connectivity index (χ0v) is 23.2. The highest BCUT2D eigenvalue weighted by Crippen LogP contribution is 2.73. The van der Waals surface area contributed by atoms with Crippen LogP contribution in [0.25, 0.3) is 0 Å². The van der Waals surface area contributed by atoms with E-state index in [4.69, 9.17) is 9.47 Å². The fourth-order valence-electron chi connectivity index (χ4n) is 9.76. The first kappa shape index (κ1) is 24.6. The number of hydrogen-bond acceptors (Lipinski definition) is 6. The van der Waals surface area contributed by atoms with Gasteiger partial charge in [0.2, 0.25) is 0 Å². The molecule has 0 radical (unpaired) electrons. The van der Waals surface area contributed by atoms with Crippen LogP contribution in [0.15, 0.2) is 20.8 Å². The normalized spacial score (nSPS) is 51.5. The van der Waals surface area contributed by atoms with Gasteiger partial charge in [-0.25, -0.2) is 4.79 Å². The molecule has 4 aliphatic carbocycles. The molecule has 6 rings (SSSR count). The number of fused-ring (bicyclic) bond motifs is 4. The Morgan fingerprint density at radius 3 is 2.63 bits per heavy atom. The maximum atomic E-state index is 13.6. The van der Waals surface area contributed by atoms with E-state index in [1.165, 1.54) is 0 Å². The highest BCUT2D eigenvalue weighted by atomic mass is 127. The maximum Gasteiger partial charge on any atom is 0.336 e. The van der Waals surface area contributed by atoms with Crippen molar-refractivity contribution in [2.75, 3.05) is 6.61 Å². The summed E-state index contributed by atoms with van der Waals surface area (Å²) in [5.41, 5.74) is 0.0904. The molecule has 4 fully saturated rings. The number of Topliss-reactive ketones (excluding diaryl/α,β-unsaturated/α-hetero) is 1. The molecule has 35 heavy (non-hydrogen) atoms. The number of ketones is 1. The molecule has 11 atom stereocenters. The molecule has 1 saturated heterocycles. The molecule has 0 amide bonds. The minimum atomic E-state index is -0.733. The van der Waals surface area contributed by atoms with Crippen molar-refractivity contribution >= 4 is 34.3 Å². The van der Waals surface area contributed by atoms with Crippen molar-refractivity contribution in [3.63, 3.8) is 0 Å². The summed E-state index contributed by atoms with van der Waals surface area (Å²) in [5.74, 6) is 1.61. The van der Waals surface area contributed by atoms with Crippen LogP contribution < -0.4 is 0 Å². The molecule has 0 bridgehead atoms. The van der Waals surface area contributed by atoms with Crippen molar-refractivity contribution in [1.29, 1.82) is 0 Å². The Morgan fingerprint density at radius 1 is 1.20 bits per heavy atom. The molecular formula is C28H37IO6. The second-order valence-corrected chi connectivity index (χ2v) is 13.8. The molecule has 0 aromatic carbocycles. The number of ether oxygens (including phenoxy) is 2. The topological polar surface area (TPSA) is 96.4 Å². The van der Waals surface area contributed by atoms with E-state index in [-0.39, 0.29) is 47.8 Å². The predicted molar refractivity (Wildman–Crippen MR) is 137 cm³/mol. The third-order valence-corrected chi connectivity index (χ3v) is 12.5. The predicted octanol–water partition coefficient (Wildman–Crippen LogP) is 4.12. The smallest absolute Gasteiger partial charge is 0.336 e. The maximum absolute atomic E-state index is 13.6. The van der Waals surface area contributed by atoms with Crippen LogP contribution in [0.2, 0.25) is 0 Å². The molecule has 1 spiro atoms. The molecule has 0 aromatic rings. The molecule has 2 aliphatic heterocycles. The number of esters is 1. The van der Waals surface area contributed by atoms with E-state index < -0.39 is 17.1 Å². The number of hydrogen-bond donors (Lipinski definition) is 2. The number of allylic oxidation sites excluding steroid dienone is 1. The van der Waals surface area contributed by atoms with E-state index in [1.54, 1.807) is 6.08 Å². The fraction of sp³-hybridized carbons (Fsp3) is 0.786. The summed E-state index contributed by atoms with van der Waals surface area (Å²) in [6, 6.07) is 0. The summed E-state index contributed by atoms with van der Waals surface area (Å²) >= 11 is 2.10. The Hall–Kier alpha value is -0.770. The van der Waals surface area contributed by atoms with Gasteiger partial charge in [0.25, 0.3) is 0 Å². The molecule has 192 valence electrons. The summed E-state index contributed by atoms with van der Waals surface area (Å²) in [7, 11) is 0. The lowest BCUT2D eigenvalue weighted by atomic mass is 9.44. The summed E-state index contributed by atoms with van der Waals surface area (Å²) < 4.78 is 12.8. The molecule has 6 aliphatic rings. The van der Waals surface area contributed by atoms with Crippen molar-refractivity contribution in [2.45, 2.75) is 90.1 Å². The van der Waals surface area contributed by atoms with Gasteiger partial charge in [-0.2, -0.15) is 0 Å². The van der Waals surface area contributed by atoms with Crippen LogP contribution in [0.4, 0.5) is 0 Å². The first-order valence-electron chi connectivity index (χ1n) is 13.3. The van der Waals surface area contributed by atoms with Gasteiger partial charge >= 0.3 is 5.97 Å². The van der Waals surface area contributed by atoms with Crippen LogP contribution in [0, 0.1) is 40.4 Å². The number of epoxide rings is 1. The van der Waals surface area contributed by atoms with Crippen molar-refractivity contribution in [3.05, 3.63) is 20.8 Å². The van der Waals surface area contributed by atoms with E-state index in [2.05, 4.69) is 43.4 Å². The van der Waals surface area contributed by atoms with Gasteiger partial charge in [-0.05, 0) is 110 Å². The van der Waals surface area contributed by atoms with Gasteiger partial charge < -0.3 is 19.7 Å². The number of halogens is 1. The average molecular weight is 597 g/mol. The lowest BCUT2D eigenvalue weighted by Gasteiger charge is -2.58. The number of aliphatic hydroxyl groups excluding tert-OH is 2. The molecule has 0 unspecified atom stereocenters. The quantitative estimate of drug-likeness (QED) is 0.289. The Kier molecular flexibility index (Phi) is 5.52. The van der Waals surface area contributed by atoms with Gasteiger partial charge in [0.15, 0.2) is 5.78 Å². The largest absolute Gasteiger partial charge is 0.458 e. The molecular weight excluding hydrogens is 559 g/mol. The van der Waals surface area contributed by atoms with E-state index >= 15 is 0 Å². The average Bonchev–Trinajstić information content (AvgIpc) is 3.45. The molecule has 2 N–H and O–H groups in total. The van der Waals surface area contributed by atoms with E-state index in [1.807, 2.05) is 6.92 Å². The minimum Gasteiger partial charge on any atom is -0.458 e. The third kappa shape index (κ3) is 2.98. The lowest BCUT2D eigenvalue weighted by Crippen LogP contribution is -2.64. The first-order valence-corrected chi connectivity index (χ1v) is 14.4. The fourth-order valence-corrected chi connectivity index (χ4v) is 10.7. The van der Waals surface area contributed by atoms with E-state index in [9.17, 15) is 19.8 Å². The Labute approximate surface area is 221 Å². The van der Waals surface area contributed by atoms with Gasteiger partial charge in [-0.3, -0.25) is 4.79 Å². The van der Waals surface area contributed by atoms with Crippen molar-refractivity contribution < 1.29 is 29.3 Å². The van der Waals surface area contributed by atoms with Gasteiger partial charge in [0, 0.05) is 6.42 Å². The standard InChI is InChI=1S/C28H37IO6/c1-13-9-21(34-25(33)16(13)12-30)14(2)17-5-6-18-15-10-23-28(35-23)22(31)11-20(29)24(32)27(28,4)19(15)7-8-26(17,18)3/h11,14-15,17-19,21-23,30-31H,5-10,12H2,1-4H3/t14-,15-,17+,18-,19-,21+,22-,23+,26+,27-,28+/m0/s1. The molecule has 0 aromatic heterocycles. The van der Waals surface area contributed by atoms with Gasteiger partial charge in [-0.1, -0.05) is 19.4 Å². The Balaban J connectivity index is 1.28. The molecule has 6 nitrogen and oxygen atoms in total. The summed E-state index contributed by atoms with van der Waals surface area (Å²) in [6.45, 7) is 8.43. The highest BCUT2D eigenvalue weighted by molar-refractivity contribution is 14.1. The zero-order chi connectivity index (χ0) is 25.1. The lowest BCUT2D eigenvalue weighted by molar-refractivity contribution is -0.155. The van der Waals surface area contributed by atoms with Gasteiger partial charge in [0.1, 0.15) is 17.8 Å². The number of carbonyl (C=O) groups excluding carboxylic acids is 2. The second-order valence-electron chi connectivity index (χ2n) is 12.7. The van der Waals surface area contributed by atoms with E-state index in [0.29, 0.717) is 33.3 Å². The number of aliphatic hydroxyl groups is 2. The van der Waals surface area contributed by atoms with Crippen LogP contribution in [-0.4, -0.2) is 52.5 Å². The number of cyclic esters (lactones) is 1. The number of carbonyl (C=O) groups is 2. The Morgan fingerprint density at radius 2 is 1.94 bits per heavy atom. The van der Waals surface area contributed by atoms with Crippen LogP contribution >= 0.6 is 22.6 Å². The van der Waals surface area contributed by atoms with Crippen LogP contribution in [-0.2, 0) is 19.1 Å². The van der Waals surface area contributed by atoms with Crippen LogP contribution in [0.1, 0.15) is 66.2 Å². The summed E-state index contributed by atoms with van der Waals surface area (Å²) in [5, 5.41) is 20.5. The SMILES string of the molecule is CC1=C(CO)C(=O)O[C@@H]([C@@H](C)[C@H]2CC[C@H]3[C@@H]4C[C@H]5O[C@]56[C@@H](O)C=C(I)C(=O)[C@]6(C)[C@H]4CC[C@]23C)C1. The first-order chi connectivity index (χ1) is 16.5. The van der Waals surface area contributed by atoms with Crippen LogP contribution in [0.5, 0.6) is 0 Å². The second kappa shape index (κ2) is 7.87. The monoisotopic (exact) mass is 596 g/mol. The highest BCUT2D eigenvalue weighted by Gasteiger charge is 2.80. The van der Waals surface area contributed by atoms with Crippen molar-refractivity contribution in [3.8, 4) is 0 Å². The zero-order valence-electron chi connectivity index (χ0n) is 21.1. The third-order valence-electron chi connectivity index (χ3n) is 11.6. The summed E-state index contributed by atoms with van der Waals surface area (Å²) in [4.78, 5) is 26.1. The molecule has 7 heteroatoms. The molecule has 2 heterocycles. The number of rotatable bonds is 3. The van der Waals surface area contributed by atoms with Crippen LogP contribution in [0.3, 0.4) is 0 Å². The van der Waals surface area contributed by atoms with E-state index in [0.717, 1.165) is 37.7 Å². The van der Waals surface area contributed by atoms with Gasteiger partial charge in [0.05, 0.1) is 27.3 Å².